The molecule has 0 fully saturated rings. The number of quaternary nitrogens is 1. The van der Waals surface area contributed by atoms with Crippen LogP contribution in [-0.2, 0) is 6.54 Å². The average molecular weight is 363 g/mol. The van der Waals surface area contributed by atoms with Gasteiger partial charge in [0.15, 0.2) is 0 Å². The van der Waals surface area contributed by atoms with Crippen LogP contribution in [0.3, 0.4) is 0 Å². The monoisotopic (exact) mass is 362 g/mol. The molecule has 0 saturated carbocycles. The molecule has 0 saturated heterocycles. The maximum Gasteiger partial charge on any atom is 0.133 e. The average Bonchev–Trinajstić information content (AvgIpc) is 2.50. The van der Waals surface area contributed by atoms with Crippen LogP contribution in [-0.4, -0.2) is 20.2 Å². The Labute approximate surface area is 142 Å². The van der Waals surface area contributed by atoms with Gasteiger partial charge in [-0.25, -0.2) is 0 Å². The predicted octanol–water partition coefficient (Wildman–Crippen LogP) is 3.63. The van der Waals surface area contributed by atoms with Crippen LogP contribution in [0.1, 0.15) is 24.0 Å². The minimum atomic E-state index is 0.778. The van der Waals surface area contributed by atoms with Gasteiger partial charge in [0.1, 0.15) is 12.3 Å². The third kappa shape index (κ3) is 5.82. The standard InChI is InChI=1S/C19H24BrNO/c1-16-10-11-19(18(20)14-16)22-13-7-6-12-21(2)15-17-8-4-3-5-9-17/h3-5,8-11,14H,6-7,12-13,15H2,1-2H3/p+1. The fraction of sp³-hybridized carbons (Fsp3) is 0.368. The van der Waals surface area contributed by atoms with Crippen LogP contribution in [0, 0.1) is 6.92 Å². The highest BCUT2D eigenvalue weighted by atomic mass is 79.9. The molecular weight excluding hydrogens is 338 g/mol. The number of nitrogens with one attached hydrogen (secondary N) is 1. The van der Waals surface area contributed by atoms with Crippen molar-refractivity contribution in [2.45, 2.75) is 26.3 Å². The molecule has 0 aromatic heterocycles. The lowest BCUT2D eigenvalue weighted by molar-refractivity contribution is -0.894. The first-order valence-corrected chi connectivity index (χ1v) is 8.68. The number of hydrogen-bond donors (Lipinski definition) is 1. The quantitative estimate of drug-likeness (QED) is 0.707. The van der Waals surface area contributed by atoms with Gasteiger partial charge >= 0.3 is 0 Å². The van der Waals surface area contributed by atoms with Crippen LogP contribution in [0.4, 0.5) is 0 Å². The third-order valence-electron chi connectivity index (χ3n) is 3.69. The summed E-state index contributed by atoms with van der Waals surface area (Å²) in [6.45, 7) is 5.12. The topological polar surface area (TPSA) is 13.7 Å². The molecule has 1 atom stereocenters. The zero-order valence-corrected chi connectivity index (χ0v) is 15.0. The fourth-order valence-corrected chi connectivity index (χ4v) is 3.07. The number of unbranched alkanes of at least 4 members (excludes halogenated alkanes) is 1. The number of benzene rings is 2. The van der Waals surface area contributed by atoms with Crippen LogP contribution in [0.5, 0.6) is 5.75 Å². The molecule has 2 rings (SSSR count). The van der Waals surface area contributed by atoms with E-state index in [4.69, 9.17) is 4.74 Å². The molecule has 118 valence electrons. The highest BCUT2D eigenvalue weighted by molar-refractivity contribution is 9.10. The fourth-order valence-electron chi connectivity index (χ4n) is 2.47. The Balaban J connectivity index is 1.63. The van der Waals surface area contributed by atoms with Gasteiger partial charge < -0.3 is 9.64 Å². The first-order valence-electron chi connectivity index (χ1n) is 7.89. The normalized spacial score (nSPS) is 12.1. The van der Waals surface area contributed by atoms with Gasteiger partial charge in [0.05, 0.1) is 24.7 Å². The molecule has 1 N–H and O–H groups in total. The maximum absolute atomic E-state index is 5.84. The Morgan fingerprint density at radius 2 is 1.82 bits per heavy atom. The van der Waals surface area contributed by atoms with Crippen LogP contribution in [0.15, 0.2) is 53.0 Å². The smallest absolute Gasteiger partial charge is 0.133 e. The zero-order valence-electron chi connectivity index (χ0n) is 13.4. The lowest BCUT2D eigenvalue weighted by atomic mass is 10.2. The summed E-state index contributed by atoms with van der Waals surface area (Å²) in [5, 5.41) is 0. The molecule has 2 aromatic carbocycles. The summed E-state index contributed by atoms with van der Waals surface area (Å²) in [7, 11) is 2.25. The highest BCUT2D eigenvalue weighted by Gasteiger charge is 2.04. The van der Waals surface area contributed by atoms with Crippen molar-refractivity contribution in [1.29, 1.82) is 0 Å². The number of hydrogen-bond acceptors (Lipinski definition) is 1. The van der Waals surface area contributed by atoms with Gasteiger partial charge in [0, 0.05) is 5.56 Å². The highest BCUT2D eigenvalue weighted by Crippen LogP contribution is 2.25. The van der Waals surface area contributed by atoms with E-state index in [-0.39, 0.29) is 0 Å². The van der Waals surface area contributed by atoms with E-state index in [1.54, 1.807) is 4.90 Å². The molecule has 0 amide bonds. The summed E-state index contributed by atoms with van der Waals surface area (Å²) in [6, 6.07) is 16.9. The summed E-state index contributed by atoms with van der Waals surface area (Å²) in [5.74, 6) is 0.940. The number of aryl methyl sites for hydroxylation is 1. The molecule has 3 heteroatoms. The molecule has 2 nitrogen and oxygen atoms in total. The Morgan fingerprint density at radius 1 is 1.05 bits per heavy atom. The summed E-state index contributed by atoms with van der Waals surface area (Å²) in [6.07, 6.45) is 2.27. The third-order valence-corrected chi connectivity index (χ3v) is 4.31. The summed E-state index contributed by atoms with van der Waals surface area (Å²) < 4.78 is 6.88. The molecule has 1 unspecified atom stereocenters. The van der Waals surface area contributed by atoms with Crippen molar-refractivity contribution in [2.24, 2.45) is 0 Å². The predicted molar refractivity (Wildman–Crippen MR) is 95.5 cm³/mol. The molecule has 0 aliphatic carbocycles. The largest absolute Gasteiger partial charge is 0.492 e. The summed E-state index contributed by atoms with van der Waals surface area (Å²) >= 11 is 3.55. The number of halogens is 1. The zero-order chi connectivity index (χ0) is 15.8. The Kier molecular flexibility index (Phi) is 6.94. The van der Waals surface area contributed by atoms with Crippen LogP contribution >= 0.6 is 15.9 Å². The van der Waals surface area contributed by atoms with Gasteiger partial charge in [-0.2, -0.15) is 0 Å². The lowest BCUT2D eigenvalue weighted by Crippen LogP contribution is -3.07. The first-order chi connectivity index (χ1) is 10.6. The van der Waals surface area contributed by atoms with E-state index in [2.05, 4.69) is 72.4 Å². The van der Waals surface area contributed by atoms with Gasteiger partial charge in [0.25, 0.3) is 0 Å². The number of ether oxygens (including phenoxy) is 1. The van der Waals surface area contributed by atoms with Crippen molar-refractivity contribution >= 4 is 15.9 Å². The minimum Gasteiger partial charge on any atom is -0.492 e. The molecule has 0 heterocycles. The van der Waals surface area contributed by atoms with Gasteiger partial charge in [-0.05, 0) is 53.4 Å². The van der Waals surface area contributed by atoms with E-state index >= 15 is 0 Å². The molecule has 0 bridgehead atoms. The van der Waals surface area contributed by atoms with Gasteiger partial charge in [-0.15, -0.1) is 0 Å². The van der Waals surface area contributed by atoms with E-state index in [0.29, 0.717) is 0 Å². The van der Waals surface area contributed by atoms with Crippen molar-refractivity contribution in [3.63, 3.8) is 0 Å². The van der Waals surface area contributed by atoms with Crippen LogP contribution in [0.25, 0.3) is 0 Å². The molecule has 0 spiro atoms. The van der Waals surface area contributed by atoms with Crippen molar-refractivity contribution in [2.75, 3.05) is 20.2 Å². The van der Waals surface area contributed by atoms with Gasteiger partial charge in [-0.1, -0.05) is 36.4 Å². The second kappa shape index (κ2) is 8.96. The molecule has 22 heavy (non-hydrogen) atoms. The van der Waals surface area contributed by atoms with E-state index in [9.17, 15) is 0 Å². The van der Waals surface area contributed by atoms with Crippen LogP contribution in [0.2, 0.25) is 0 Å². The van der Waals surface area contributed by atoms with E-state index in [0.717, 1.165) is 29.8 Å². The second-order valence-corrected chi connectivity index (χ2v) is 6.71. The Bertz CT molecular complexity index is 571. The molecule has 0 aliphatic heterocycles. The van der Waals surface area contributed by atoms with Crippen molar-refractivity contribution in [3.05, 3.63) is 64.1 Å². The molecular formula is C19H25BrNO+. The Morgan fingerprint density at radius 3 is 2.55 bits per heavy atom. The number of rotatable bonds is 8. The van der Waals surface area contributed by atoms with Gasteiger partial charge in [-0.3, -0.25) is 0 Å². The lowest BCUT2D eigenvalue weighted by Gasteiger charge is -2.14. The van der Waals surface area contributed by atoms with E-state index in [1.165, 1.54) is 24.1 Å². The Hall–Kier alpha value is -1.32. The summed E-state index contributed by atoms with van der Waals surface area (Å²) in [5.41, 5.74) is 2.64. The molecule has 0 radical (unpaired) electrons. The van der Waals surface area contributed by atoms with Crippen molar-refractivity contribution in [1.82, 2.24) is 0 Å². The summed E-state index contributed by atoms with van der Waals surface area (Å²) in [4.78, 5) is 1.54. The van der Waals surface area contributed by atoms with Crippen molar-refractivity contribution < 1.29 is 9.64 Å². The van der Waals surface area contributed by atoms with Crippen LogP contribution < -0.4 is 9.64 Å². The van der Waals surface area contributed by atoms with E-state index < -0.39 is 0 Å². The second-order valence-electron chi connectivity index (χ2n) is 5.86. The SMILES string of the molecule is Cc1ccc(OCCCC[NH+](C)Cc2ccccc2)c(Br)c1. The first kappa shape index (κ1) is 17.0. The molecule has 2 aromatic rings. The molecule has 0 aliphatic rings. The van der Waals surface area contributed by atoms with E-state index in [1.807, 2.05) is 6.07 Å². The van der Waals surface area contributed by atoms with Gasteiger partial charge in [0.2, 0.25) is 0 Å². The maximum atomic E-state index is 5.84. The van der Waals surface area contributed by atoms with Crippen molar-refractivity contribution in [3.8, 4) is 5.75 Å². The minimum absolute atomic E-state index is 0.778.